The van der Waals surface area contributed by atoms with Crippen molar-refractivity contribution in [1.29, 1.82) is 0 Å². The molecule has 6 aliphatic heterocycles. The second-order valence-electron chi connectivity index (χ2n) is 11.8. The molecule has 4 aliphatic carbocycles. The first kappa shape index (κ1) is 19.9. The first-order chi connectivity index (χ1) is 14.9. The van der Waals surface area contributed by atoms with Crippen LogP contribution >= 0.6 is 0 Å². The van der Waals surface area contributed by atoms with Gasteiger partial charge in [-0.15, -0.1) is 0 Å². The van der Waals surface area contributed by atoms with Gasteiger partial charge in [0.05, 0.1) is 38.9 Å². The van der Waals surface area contributed by atoms with Crippen LogP contribution in [0.2, 0.25) is 0 Å². The number of epoxide rings is 1. The SMILES string of the molecule is C[C@@H]1C2OCCOC23CC24O[C@@H]2C(=CF)[C@@H]2C(CC[C@]5(C)C(CC[C@@H]25)OCCO3)[C@@]14C. The maximum absolute atomic E-state index is 14.6. The topological polar surface area (TPSA) is 49.5 Å². The molecule has 5 nitrogen and oxygen atoms in total. The smallest absolute Gasteiger partial charge is 0.198 e. The second kappa shape index (κ2) is 6.12. The van der Waals surface area contributed by atoms with Crippen molar-refractivity contribution in [2.24, 2.45) is 34.5 Å². The number of rotatable bonds is 0. The van der Waals surface area contributed by atoms with Gasteiger partial charge in [-0.3, -0.25) is 0 Å². The van der Waals surface area contributed by atoms with Gasteiger partial charge in [0.25, 0.3) is 0 Å². The molecule has 0 aromatic carbocycles. The molecule has 10 rings (SSSR count). The largest absolute Gasteiger partial charge is 0.375 e. The highest BCUT2D eigenvalue weighted by Gasteiger charge is 2.83. The monoisotopic (exact) mass is 434 g/mol. The summed E-state index contributed by atoms with van der Waals surface area (Å²) in [5.41, 5.74) is 0.467. The number of ether oxygens (including phenoxy) is 5. The minimum Gasteiger partial charge on any atom is -0.375 e. The van der Waals surface area contributed by atoms with E-state index in [0.29, 0.717) is 44.7 Å². The van der Waals surface area contributed by atoms with Crippen LogP contribution in [0, 0.1) is 34.5 Å². The van der Waals surface area contributed by atoms with Gasteiger partial charge in [-0.25, -0.2) is 4.39 Å². The van der Waals surface area contributed by atoms with Gasteiger partial charge in [0.2, 0.25) is 0 Å². The molecule has 6 heteroatoms. The summed E-state index contributed by atoms with van der Waals surface area (Å²) >= 11 is 0. The van der Waals surface area contributed by atoms with Crippen LogP contribution in [0.5, 0.6) is 0 Å². The third-order valence-corrected chi connectivity index (χ3v) is 11.2. The molecule has 4 saturated carbocycles. The lowest BCUT2D eigenvalue weighted by atomic mass is 9.41. The molecule has 172 valence electrons. The van der Waals surface area contributed by atoms with E-state index in [2.05, 4.69) is 20.8 Å². The van der Waals surface area contributed by atoms with E-state index in [4.69, 9.17) is 23.7 Å². The van der Waals surface area contributed by atoms with E-state index in [9.17, 15) is 4.39 Å². The van der Waals surface area contributed by atoms with Gasteiger partial charge >= 0.3 is 0 Å². The first-order valence-corrected chi connectivity index (χ1v) is 12.4. The van der Waals surface area contributed by atoms with Gasteiger partial charge in [0.15, 0.2) is 5.79 Å². The Kier molecular flexibility index (Phi) is 3.93. The zero-order valence-electron chi connectivity index (χ0n) is 18.9. The summed E-state index contributed by atoms with van der Waals surface area (Å²) < 4.78 is 47.0. The molecule has 0 radical (unpaired) electrons. The summed E-state index contributed by atoms with van der Waals surface area (Å²) in [5, 5.41) is 0. The van der Waals surface area contributed by atoms with Crippen LogP contribution in [0.4, 0.5) is 4.39 Å². The summed E-state index contributed by atoms with van der Waals surface area (Å²) in [6.45, 7) is 9.27. The third-order valence-electron chi connectivity index (χ3n) is 11.2. The van der Waals surface area contributed by atoms with Crippen LogP contribution in [-0.2, 0) is 23.7 Å². The standard InChI is InChI=1S/C25H35FO5/c1-14-20-25(30-11-9-28-20)13-24-21(31-24)15(12-26)19-16-4-5-18(27-8-10-29-25)22(16,2)7-6-17(19)23(14,24)3/h12,14,16-21H,4-11,13H2,1-3H3/t14-,16+,17?,18?,19+,20?,21-,22+,23-,24?,25?/m1/s1. The van der Waals surface area contributed by atoms with Crippen molar-refractivity contribution in [3.8, 4) is 0 Å². The average molecular weight is 435 g/mol. The number of hydrogen-bond donors (Lipinski definition) is 0. The van der Waals surface area contributed by atoms with Crippen LogP contribution in [0.15, 0.2) is 11.9 Å². The average Bonchev–Trinajstić information content (AvgIpc) is 3.37. The van der Waals surface area contributed by atoms with Gasteiger partial charge in [0, 0.05) is 11.8 Å². The molecule has 6 heterocycles. The molecule has 31 heavy (non-hydrogen) atoms. The maximum Gasteiger partial charge on any atom is 0.198 e. The molecule has 8 bridgehead atoms. The highest BCUT2D eigenvalue weighted by Crippen LogP contribution is 2.77. The van der Waals surface area contributed by atoms with E-state index >= 15 is 0 Å². The maximum atomic E-state index is 14.6. The highest BCUT2D eigenvalue weighted by molar-refractivity contribution is 5.40. The van der Waals surface area contributed by atoms with Gasteiger partial charge in [-0.1, -0.05) is 20.8 Å². The minimum atomic E-state index is -0.835. The Labute approximate surface area is 184 Å². The second-order valence-corrected chi connectivity index (χ2v) is 11.8. The van der Waals surface area contributed by atoms with Crippen LogP contribution in [0.25, 0.3) is 0 Å². The van der Waals surface area contributed by atoms with E-state index in [1.54, 1.807) is 0 Å². The van der Waals surface area contributed by atoms with Crippen LogP contribution in [0.3, 0.4) is 0 Å². The lowest BCUT2D eigenvalue weighted by Gasteiger charge is -2.65. The minimum absolute atomic E-state index is 0.0913. The molecule has 0 aromatic heterocycles. The van der Waals surface area contributed by atoms with Crippen molar-refractivity contribution in [1.82, 2.24) is 0 Å². The molecule has 0 aromatic rings. The van der Waals surface area contributed by atoms with E-state index in [1.165, 1.54) is 0 Å². The van der Waals surface area contributed by atoms with Crippen molar-refractivity contribution in [3.05, 3.63) is 11.9 Å². The summed E-state index contributed by atoms with van der Waals surface area (Å²) in [5.74, 6) is 0.414. The summed E-state index contributed by atoms with van der Waals surface area (Å²) in [6, 6.07) is 0. The Morgan fingerprint density at radius 2 is 1.74 bits per heavy atom. The Morgan fingerprint density at radius 1 is 0.968 bits per heavy atom. The van der Waals surface area contributed by atoms with Gasteiger partial charge in [-0.05, 0) is 60.3 Å². The predicted octanol–water partition coefficient (Wildman–Crippen LogP) is 4.01. The quantitative estimate of drug-likeness (QED) is 0.539. The highest BCUT2D eigenvalue weighted by atomic mass is 19.1. The fourth-order valence-corrected chi connectivity index (χ4v) is 9.63. The molecular weight excluding hydrogens is 399 g/mol. The van der Waals surface area contributed by atoms with Crippen molar-refractivity contribution < 1.29 is 28.1 Å². The molecule has 10 fully saturated rings. The summed E-state index contributed by atoms with van der Waals surface area (Å²) in [7, 11) is 0. The molecule has 5 unspecified atom stereocenters. The first-order valence-electron chi connectivity index (χ1n) is 12.4. The van der Waals surface area contributed by atoms with Crippen LogP contribution in [-0.4, -0.2) is 56.1 Å². The van der Waals surface area contributed by atoms with Gasteiger partial charge < -0.3 is 23.7 Å². The van der Waals surface area contributed by atoms with Crippen molar-refractivity contribution in [2.45, 2.75) is 82.6 Å². The van der Waals surface area contributed by atoms with Crippen molar-refractivity contribution >= 4 is 0 Å². The molecule has 6 saturated heterocycles. The van der Waals surface area contributed by atoms with E-state index in [1.807, 2.05) is 0 Å². The predicted molar refractivity (Wildman–Crippen MR) is 110 cm³/mol. The molecule has 10 aliphatic rings. The molecule has 2 spiro atoms. The Morgan fingerprint density at radius 3 is 2.52 bits per heavy atom. The molecule has 0 N–H and O–H groups in total. The van der Waals surface area contributed by atoms with Crippen molar-refractivity contribution in [3.63, 3.8) is 0 Å². The van der Waals surface area contributed by atoms with E-state index < -0.39 is 11.4 Å². The third kappa shape index (κ3) is 2.12. The zero-order valence-corrected chi connectivity index (χ0v) is 18.9. The number of halogens is 1. The normalized spacial score (nSPS) is 63.2. The van der Waals surface area contributed by atoms with Crippen LogP contribution in [0.1, 0.15) is 52.9 Å². The summed E-state index contributed by atoms with van der Waals surface area (Å²) in [6.07, 6.45) is 5.83. The fraction of sp³-hybridized carbons (Fsp3) is 0.920. The Hall–Kier alpha value is -0.530. The lowest BCUT2D eigenvalue weighted by Crippen LogP contribution is -2.72. The Balaban J connectivity index is 1.44. The van der Waals surface area contributed by atoms with E-state index in [0.717, 1.165) is 37.6 Å². The number of hydrogen-bond acceptors (Lipinski definition) is 5. The lowest BCUT2D eigenvalue weighted by molar-refractivity contribution is -0.374. The molecule has 0 amide bonds. The van der Waals surface area contributed by atoms with E-state index in [-0.39, 0.29) is 41.0 Å². The fourth-order valence-electron chi connectivity index (χ4n) is 9.63. The zero-order chi connectivity index (χ0) is 21.2. The Bertz CT molecular complexity index is 833. The van der Waals surface area contributed by atoms with Crippen molar-refractivity contribution in [2.75, 3.05) is 26.4 Å². The van der Waals surface area contributed by atoms with Gasteiger partial charge in [-0.2, -0.15) is 0 Å². The molecule has 11 atom stereocenters. The van der Waals surface area contributed by atoms with Crippen LogP contribution < -0.4 is 0 Å². The van der Waals surface area contributed by atoms with Gasteiger partial charge in [0.1, 0.15) is 17.8 Å². The molecular formula is C25H35FO5. The summed E-state index contributed by atoms with van der Waals surface area (Å²) in [4.78, 5) is 0.